The van der Waals surface area contributed by atoms with Crippen LogP contribution in [0.1, 0.15) is 5.56 Å². The van der Waals surface area contributed by atoms with E-state index in [0.717, 1.165) is 16.3 Å². The number of amides is 1. The number of hydrogen-bond donors (Lipinski definition) is 0. The Bertz CT molecular complexity index is 408. The topological polar surface area (TPSA) is 29.5 Å². The van der Waals surface area contributed by atoms with Crippen LogP contribution in [0.25, 0.3) is 0 Å². The van der Waals surface area contributed by atoms with E-state index >= 15 is 0 Å². The largest absolute Gasteiger partial charge is 0.378 e. The van der Waals surface area contributed by atoms with Gasteiger partial charge in [-0.15, -0.1) is 11.8 Å². The number of thioether (sulfide) groups is 1. The number of carbonyl (C=O) groups is 1. The van der Waals surface area contributed by atoms with Gasteiger partial charge in [0.2, 0.25) is 5.91 Å². The van der Waals surface area contributed by atoms with Crippen molar-refractivity contribution in [1.29, 1.82) is 0 Å². The van der Waals surface area contributed by atoms with Crippen molar-refractivity contribution in [2.45, 2.75) is 5.75 Å². The molecule has 0 atom stereocenters. The lowest BCUT2D eigenvalue weighted by Gasteiger charge is -2.26. The Hall–Kier alpha value is -0.710. The molecule has 0 spiro atoms. The number of halogens is 1. The van der Waals surface area contributed by atoms with Gasteiger partial charge in [0.25, 0.3) is 0 Å². The van der Waals surface area contributed by atoms with Crippen molar-refractivity contribution in [3.8, 4) is 0 Å². The van der Waals surface area contributed by atoms with Gasteiger partial charge < -0.3 is 9.64 Å². The highest BCUT2D eigenvalue weighted by atomic mass is 35.5. The Morgan fingerprint density at radius 1 is 1.33 bits per heavy atom. The summed E-state index contributed by atoms with van der Waals surface area (Å²) in [6.45, 7) is 2.73. The van der Waals surface area contributed by atoms with Crippen LogP contribution in [0.5, 0.6) is 0 Å². The molecule has 0 bridgehead atoms. The Balaban J connectivity index is 1.75. The lowest BCUT2D eigenvalue weighted by Crippen LogP contribution is -2.41. The summed E-state index contributed by atoms with van der Waals surface area (Å²) in [4.78, 5) is 13.8. The van der Waals surface area contributed by atoms with Crippen LogP contribution in [0.15, 0.2) is 24.3 Å². The van der Waals surface area contributed by atoms with E-state index in [9.17, 15) is 4.79 Å². The molecule has 0 N–H and O–H groups in total. The van der Waals surface area contributed by atoms with Crippen LogP contribution < -0.4 is 0 Å². The lowest BCUT2D eigenvalue weighted by molar-refractivity contribution is -0.132. The van der Waals surface area contributed by atoms with Crippen LogP contribution >= 0.6 is 23.4 Å². The molecule has 1 aliphatic rings. The smallest absolute Gasteiger partial charge is 0.232 e. The third-order valence-corrected chi connectivity index (χ3v) is 4.14. The Morgan fingerprint density at radius 3 is 2.78 bits per heavy atom. The molecule has 1 aromatic rings. The number of hydrogen-bond acceptors (Lipinski definition) is 3. The van der Waals surface area contributed by atoms with Crippen LogP contribution in [0.2, 0.25) is 5.02 Å². The molecule has 1 amide bonds. The summed E-state index contributed by atoms with van der Waals surface area (Å²) in [6.07, 6.45) is 0. The summed E-state index contributed by atoms with van der Waals surface area (Å²) in [5.74, 6) is 1.47. The summed E-state index contributed by atoms with van der Waals surface area (Å²) in [7, 11) is 0. The Labute approximate surface area is 116 Å². The highest BCUT2D eigenvalue weighted by Crippen LogP contribution is 2.20. The minimum absolute atomic E-state index is 0.190. The maximum absolute atomic E-state index is 11.9. The van der Waals surface area contributed by atoms with E-state index in [0.29, 0.717) is 32.1 Å². The van der Waals surface area contributed by atoms with Gasteiger partial charge in [0, 0.05) is 23.9 Å². The van der Waals surface area contributed by atoms with Crippen molar-refractivity contribution in [2.75, 3.05) is 32.1 Å². The van der Waals surface area contributed by atoms with Crippen molar-refractivity contribution in [3.63, 3.8) is 0 Å². The van der Waals surface area contributed by atoms with Crippen LogP contribution in [-0.4, -0.2) is 42.9 Å². The number of nitrogens with zero attached hydrogens (tertiary/aromatic N) is 1. The predicted octanol–water partition coefficient (Wildman–Crippen LogP) is 2.43. The average molecular weight is 286 g/mol. The molecule has 5 heteroatoms. The maximum atomic E-state index is 11.9. The van der Waals surface area contributed by atoms with E-state index in [1.165, 1.54) is 0 Å². The zero-order valence-electron chi connectivity index (χ0n) is 10.1. The normalized spacial score (nSPS) is 15.7. The summed E-state index contributed by atoms with van der Waals surface area (Å²) >= 11 is 7.67. The molecule has 1 heterocycles. The summed E-state index contributed by atoms with van der Waals surface area (Å²) in [5.41, 5.74) is 1.08. The van der Waals surface area contributed by atoms with Crippen LogP contribution in [0, 0.1) is 0 Å². The van der Waals surface area contributed by atoms with Gasteiger partial charge in [-0.2, -0.15) is 0 Å². The molecular weight excluding hydrogens is 270 g/mol. The van der Waals surface area contributed by atoms with Gasteiger partial charge >= 0.3 is 0 Å². The molecule has 1 saturated heterocycles. The fourth-order valence-corrected chi connectivity index (χ4v) is 2.98. The molecule has 98 valence electrons. The molecule has 0 aromatic heterocycles. The Kier molecular flexibility index (Phi) is 5.35. The van der Waals surface area contributed by atoms with E-state index in [4.69, 9.17) is 16.3 Å². The average Bonchev–Trinajstić information content (AvgIpc) is 2.42. The van der Waals surface area contributed by atoms with Gasteiger partial charge in [-0.25, -0.2) is 0 Å². The number of rotatable bonds is 4. The van der Waals surface area contributed by atoms with E-state index in [1.807, 2.05) is 29.2 Å². The summed E-state index contributed by atoms with van der Waals surface area (Å²) < 4.78 is 5.22. The fraction of sp³-hybridized carbons (Fsp3) is 0.462. The van der Waals surface area contributed by atoms with Gasteiger partial charge in [0.05, 0.1) is 19.0 Å². The first-order valence-corrected chi connectivity index (χ1v) is 7.47. The Morgan fingerprint density at radius 2 is 2.06 bits per heavy atom. The van der Waals surface area contributed by atoms with Crippen LogP contribution in [0.3, 0.4) is 0 Å². The first-order chi connectivity index (χ1) is 8.77. The second kappa shape index (κ2) is 7.02. The maximum Gasteiger partial charge on any atom is 0.232 e. The SMILES string of the molecule is O=C(CSCc1ccccc1Cl)N1CCOCC1. The van der Waals surface area contributed by atoms with Crippen molar-refractivity contribution >= 4 is 29.3 Å². The molecule has 0 aliphatic carbocycles. The molecule has 18 heavy (non-hydrogen) atoms. The fourth-order valence-electron chi connectivity index (χ4n) is 1.77. The minimum Gasteiger partial charge on any atom is -0.378 e. The molecule has 0 unspecified atom stereocenters. The quantitative estimate of drug-likeness (QED) is 0.851. The highest BCUT2D eigenvalue weighted by molar-refractivity contribution is 7.99. The van der Waals surface area contributed by atoms with Gasteiger partial charge in [-0.1, -0.05) is 29.8 Å². The summed E-state index contributed by atoms with van der Waals surface area (Å²) in [5, 5.41) is 0.767. The van der Waals surface area contributed by atoms with Crippen molar-refractivity contribution in [2.24, 2.45) is 0 Å². The monoisotopic (exact) mass is 285 g/mol. The lowest BCUT2D eigenvalue weighted by atomic mass is 10.2. The van der Waals surface area contributed by atoms with Crippen molar-refractivity contribution in [1.82, 2.24) is 4.90 Å². The second-order valence-corrected chi connectivity index (χ2v) is 5.47. The number of benzene rings is 1. The molecular formula is C13H16ClNO2S. The molecule has 3 nitrogen and oxygen atoms in total. The van der Waals surface area contributed by atoms with Crippen molar-refractivity contribution in [3.05, 3.63) is 34.9 Å². The van der Waals surface area contributed by atoms with Crippen LogP contribution in [-0.2, 0) is 15.3 Å². The first-order valence-electron chi connectivity index (χ1n) is 5.94. The van der Waals surface area contributed by atoms with Crippen molar-refractivity contribution < 1.29 is 9.53 Å². The third kappa shape index (κ3) is 3.90. The molecule has 0 saturated carbocycles. The first kappa shape index (κ1) is 13.7. The standard InChI is InChI=1S/C13H16ClNO2S/c14-12-4-2-1-3-11(12)9-18-10-13(16)15-5-7-17-8-6-15/h1-4H,5-10H2. The zero-order valence-corrected chi connectivity index (χ0v) is 11.7. The minimum atomic E-state index is 0.190. The number of ether oxygens (including phenoxy) is 1. The molecule has 1 aliphatic heterocycles. The zero-order chi connectivity index (χ0) is 12.8. The van der Waals surface area contributed by atoms with E-state index in [-0.39, 0.29) is 5.91 Å². The summed E-state index contributed by atoms with van der Waals surface area (Å²) in [6, 6.07) is 7.75. The highest BCUT2D eigenvalue weighted by Gasteiger charge is 2.16. The molecule has 2 rings (SSSR count). The van der Waals surface area contributed by atoms with Gasteiger partial charge in [-0.05, 0) is 11.6 Å². The van der Waals surface area contributed by atoms with E-state index in [2.05, 4.69) is 0 Å². The molecule has 1 aromatic carbocycles. The molecule has 1 fully saturated rings. The van der Waals surface area contributed by atoms with Gasteiger partial charge in [0.1, 0.15) is 0 Å². The second-order valence-electron chi connectivity index (χ2n) is 4.08. The number of carbonyl (C=O) groups excluding carboxylic acids is 1. The number of morpholine rings is 1. The van der Waals surface area contributed by atoms with E-state index in [1.54, 1.807) is 11.8 Å². The third-order valence-electron chi connectivity index (χ3n) is 2.80. The molecule has 0 radical (unpaired) electrons. The van der Waals surface area contributed by atoms with E-state index < -0.39 is 0 Å². The van der Waals surface area contributed by atoms with Crippen LogP contribution in [0.4, 0.5) is 0 Å². The predicted molar refractivity (Wildman–Crippen MR) is 75.0 cm³/mol. The van der Waals surface area contributed by atoms with Gasteiger partial charge in [-0.3, -0.25) is 4.79 Å². The van der Waals surface area contributed by atoms with Gasteiger partial charge in [0.15, 0.2) is 0 Å².